The Morgan fingerprint density at radius 2 is 1.04 bits per heavy atom. The highest BCUT2D eigenvalue weighted by Gasteiger charge is 2.33. The molecule has 0 aromatic carbocycles. The summed E-state index contributed by atoms with van der Waals surface area (Å²) >= 11 is 0. The average molecular weight is 401 g/mol. The average Bonchev–Trinajstić information content (AvgIpc) is 2.70. The maximum atomic E-state index is 6.34. The molecule has 0 saturated heterocycles. The van der Waals surface area contributed by atoms with Crippen molar-refractivity contribution in [2.75, 3.05) is 13.2 Å². The first-order chi connectivity index (χ1) is 13.1. The van der Waals surface area contributed by atoms with Gasteiger partial charge in [0.05, 0.1) is 0 Å². The minimum absolute atomic E-state index is 0.648. The molecular formula is C24H52O2Si. The summed E-state index contributed by atoms with van der Waals surface area (Å²) in [5.41, 5.74) is 0. The molecule has 0 aliphatic carbocycles. The van der Waals surface area contributed by atoms with Gasteiger partial charge >= 0.3 is 8.56 Å². The predicted octanol–water partition coefficient (Wildman–Crippen LogP) is 8.64. The van der Waals surface area contributed by atoms with E-state index in [1.54, 1.807) is 0 Å². The van der Waals surface area contributed by atoms with Crippen LogP contribution in [0, 0.1) is 5.92 Å². The lowest BCUT2D eigenvalue weighted by atomic mass is 10.0. The molecule has 0 fully saturated rings. The fraction of sp³-hybridized carbons (Fsp3) is 1.00. The molecule has 0 bridgehead atoms. The standard InChI is InChI=1S/C24H52O2Si/c1-6-10-11-12-13-14-15-16-17-18-19-20-21-22-25-27(8-3,9-4)26-23-24(5)7-2/h24H,6-23H2,1-5H3. The molecule has 0 aliphatic rings. The zero-order chi connectivity index (χ0) is 20.2. The lowest BCUT2D eigenvalue weighted by Gasteiger charge is -2.30. The van der Waals surface area contributed by atoms with Crippen LogP contribution in [0.15, 0.2) is 0 Å². The lowest BCUT2D eigenvalue weighted by Crippen LogP contribution is -2.42. The molecule has 0 radical (unpaired) electrons. The van der Waals surface area contributed by atoms with Crippen molar-refractivity contribution >= 4 is 8.56 Å². The van der Waals surface area contributed by atoms with Crippen LogP contribution in [0.2, 0.25) is 12.1 Å². The summed E-state index contributed by atoms with van der Waals surface area (Å²) < 4.78 is 12.7. The van der Waals surface area contributed by atoms with Gasteiger partial charge in [-0.05, 0) is 24.4 Å². The van der Waals surface area contributed by atoms with Gasteiger partial charge in [-0.1, -0.05) is 118 Å². The summed E-state index contributed by atoms with van der Waals surface area (Å²) in [6, 6.07) is 2.16. The second-order valence-electron chi connectivity index (χ2n) is 8.53. The normalized spacial score (nSPS) is 13.2. The number of hydrogen-bond acceptors (Lipinski definition) is 2. The highest BCUT2D eigenvalue weighted by atomic mass is 28.4. The second kappa shape index (κ2) is 19.5. The topological polar surface area (TPSA) is 18.5 Å². The molecule has 2 nitrogen and oxygen atoms in total. The third-order valence-electron chi connectivity index (χ3n) is 6.02. The molecule has 0 amide bonds. The SMILES string of the molecule is CCCCCCCCCCCCCCCO[Si](CC)(CC)OCC(C)CC. The molecule has 164 valence electrons. The summed E-state index contributed by atoms with van der Waals surface area (Å²) in [6.07, 6.45) is 19.4. The van der Waals surface area contributed by atoms with Gasteiger partial charge < -0.3 is 8.85 Å². The van der Waals surface area contributed by atoms with E-state index in [2.05, 4.69) is 34.6 Å². The van der Waals surface area contributed by atoms with Gasteiger partial charge in [0.15, 0.2) is 0 Å². The van der Waals surface area contributed by atoms with E-state index in [-0.39, 0.29) is 0 Å². The van der Waals surface area contributed by atoms with Gasteiger partial charge in [0.25, 0.3) is 0 Å². The Morgan fingerprint density at radius 3 is 1.44 bits per heavy atom. The van der Waals surface area contributed by atoms with Gasteiger partial charge in [0.1, 0.15) is 0 Å². The van der Waals surface area contributed by atoms with E-state index in [4.69, 9.17) is 8.85 Å². The van der Waals surface area contributed by atoms with Gasteiger partial charge in [-0.2, -0.15) is 0 Å². The van der Waals surface area contributed by atoms with Crippen LogP contribution < -0.4 is 0 Å². The molecule has 0 heterocycles. The van der Waals surface area contributed by atoms with Gasteiger partial charge in [0.2, 0.25) is 0 Å². The Morgan fingerprint density at radius 1 is 0.593 bits per heavy atom. The van der Waals surface area contributed by atoms with Crippen molar-refractivity contribution in [3.05, 3.63) is 0 Å². The van der Waals surface area contributed by atoms with Crippen LogP contribution in [-0.4, -0.2) is 21.8 Å². The zero-order valence-electron chi connectivity index (χ0n) is 19.6. The van der Waals surface area contributed by atoms with Crippen molar-refractivity contribution in [3.8, 4) is 0 Å². The predicted molar refractivity (Wildman–Crippen MR) is 124 cm³/mol. The third-order valence-corrected chi connectivity index (χ3v) is 9.60. The number of rotatable bonds is 21. The molecule has 0 spiro atoms. The fourth-order valence-corrected chi connectivity index (χ4v) is 5.99. The summed E-state index contributed by atoms with van der Waals surface area (Å²) in [6.45, 7) is 13.1. The van der Waals surface area contributed by atoms with Crippen LogP contribution in [0.3, 0.4) is 0 Å². The molecule has 0 rings (SSSR count). The van der Waals surface area contributed by atoms with E-state index in [1.165, 1.54) is 89.9 Å². The highest BCUT2D eigenvalue weighted by Crippen LogP contribution is 2.21. The van der Waals surface area contributed by atoms with Crippen LogP contribution in [0.5, 0.6) is 0 Å². The number of unbranched alkanes of at least 4 members (excludes halogenated alkanes) is 12. The van der Waals surface area contributed by atoms with Crippen LogP contribution >= 0.6 is 0 Å². The third kappa shape index (κ3) is 15.7. The zero-order valence-corrected chi connectivity index (χ0v) is 20.6. The highest BCUT2D eigenvalue weighted by molar-refractivity contribution is 6.67. The Bertz CT molecular complexity index is 292. The Hall–Kier alpha value is 0.137. The first-order valence-electron chi connectivity index (χ1n) is 12.4. The molecular weight excluding hydrogens is 348 g/mol. The van der Waals surface area contributed by atoms with Crippen molar-refractivity contribution in [3.63, 3.8) is 0 Å². The quantitative estimate of drug-likeness (QED) is 0.142. The smallest absolute Gasteiger partial charge is 0.337 e. The van der Waals surface area contributed by atoms with Gasteiger partial charge in [0, 0.05) is 13.2 Å². The second-order valence-corrected chi connectivity index (χ2v) is 12.3. The minimum Gasteiger partial charge on any atom is -0.394 e. The van der Waals surface area contributed by atoms with Gasteiger partial charge in [-0.15, -0.1) is 0 Å². The molecule has 0 aromatic heterocycles. The molecule has 3 heteroatoms. The Kier molecular flexibility index (Phi) is 19.6. The van der Waals surface area contributed by atoms with Crippen molar-refractivity contribution in [1.29, 1.82) is 0 Å². The summed E-state index contributed by atoms with van der Waals surface area (Å²) in [4.78, 5) is 0. The van der Waals surface area contributed by atoms with E-state index in [9.17, 15) is 0 Å². The number of hydrogen-bond donors (Lipinski definition) is 0. The van der Waals surface area contributed by atoms with E-state index >= 15 is 0 Å². The largest absolute Gasteiger partial charge is 0.394 e. The molecule has 0 saturated carbocycles. The molecule has 0 N–H and O–H groups in total. The Balaban J connectivity index is 3.54. The first-order valence-corrected chi connectivity index (χ1v) is 14.6. The molecule has 1 atom stereocenters. The van der Waals surface area contributed by atoms with E-state index in [0.717, 1.165) is 25.3 Å². The lowest BCUT2D eigenvalue weighted by molar-refractivity contribution is 0.145. The van der Waals surface area contributed by atoms with Gasteiger partial charge in [-0.25, -0.2) is 0 Å². The van der Waals surface area contributed by atoms with E-state index < -0.39 is 8.56 Å². The summed E-state index contributed by atoms with van der Waals surface area (Å²) in [5.74, 6) is 0.648. The fourth-order valence-electron chi connectivity index (χ4n) is 3.49. The van der Waals surface area contributed by atoms with Crippen LogP contribution in [0.1, 0.15) is 125 Å². The van der Waals surface area contributed by atoms with Crippen molar-refractivity contribution in [2.45, 2.75) is 137 Å². The van der Waals surface area contributed by atoms with E-state index in [0.29, 0.717) is 5.92 Å². The van der Waals surface area contributed by atoms with Crippen LogP contribution in [0.4, 0.5) is 0 Å². The monoisotopic (exact) mass is 400 g/mol. The summed E-state index contributed by atoms with van der Waals surface area (Å²) in [5, 5.41) is 0. The summed E-state index contributed by atoms with van der Waals surface area (Å²) in [7, 11) is -1.93. The van der Waals surface area contributed by atoms with Crippen LogP contribution in [-0.2, 0) is 8.85 Å². The molecule has 1 unspecified atom stereocenters. The molecule has 27 heavy (non-hydrogen) atoms. The van der Waals surface area contributed by atoms with E-state index in [1.807, 2.05) is 0 Å². The Labute approximate surface area is 173 Å². The van der Waals surface area contributed by atoms with Crippen molar-refractivity contribution in [2.24, 2.45) is 5.92 Å². The molecule has 0 aromatic rings. The first kappa shape index (κ1) is 27.1. The van der Waals surface area contributed by atoms with Gasteiger partial charge in [-0.3, -0.25) is 0 Å². The molecule has 0 aliphatic heterocycles. The minimum atomic E-state index is -1.93. The van der Waals surface area contributed by atoms with Crippen molar-refractivity contribution < 1.29 is 8.85 Å². The maximum Gasteiger partial charge on any atom is 0.337 e. The van der Waals surface area contributed by atoms with Crippen molar-refractivity contribution in [1.82, 2.24) is 0 Å². The maximum absolute atomic E-state index is 6.34. The van der Waals surface area contributed by atoms with Crippen LogP contribution in [0.25, 0.3) is 0 Å².